The van der Waals surface area contributed by atoms with E-state index < -0.39 is 0 Å². The van der Waals surface area contributed by atoms with Crippen molar-refractivity contribution in [3.05, 3.63) is 0 Å². The van der Waals surface area contributed by atoms with Gasteiger partial charge in [0.25, 0.3) is 0 Å². The molecule has 0 radical (unpaired) electrons. The first kappa shape index (κ1) is 14.3. The molecule has 0 aromatic carbocycles. The SMILES string of the molecule is CC1CCCCC1NCCOCC1CCCCO1. The Morgan fingerprint density at radius 2 is 1.94 bits per heavy atom. The average molecular weight is 255 g/mol. The first-order valence-electron chi connectivity index (χ1n) is 7.79. The predicted octanol–water partition coefficient (Wildman–Crippen LogP) is 2.74. The fraction of sp³-hybridized carbons (Fsp3) is 1.00. The summed E-state index contributed by atoms with van der Waals surface area (Å²) in [7, 11) is 0. The standard InChI is InChI=1S/C15H29NO2/c1-13-6-2-3-8-15(13)16-9-11-17-12-14-7-4-5-10-18-14/h13-16H,2-12H2,1H3. The summed E-state index contributed by atoms with van der Waals surface area (Å²) < 4.78 is 11.4. The Labute approximate surface area is 112 Å². The minimum atomic E-state index is 0.354. The maximum atomic E-state index is 5.71. The highest BCUT2D eigenvalue weighted by Gasteiger charge is 2.20. The van der Waals surface area contributed by atoms with Gasteiger partial charge in [0.15, 0.2) is 0 Å². The number of nitrogens with one attached hydrogen (secondary N) is 1. The molecule has 106 valence electrons. The van der Waals surface area contributed by atoms with E-state index in [1.54, 1.807) is 0 Å². The first-order chi connectivity index (χ1) is 8.86. The molecule has 3 atom stereocenters. The van der Waals surface area contributed by atoms with Gasteiger partial charge in [-0.15, -0.1) is 0 Å². The van der Waals surface area contributed by atoms with E-state index in [9.17, 15) is 0 Å². The van der Waals surface area contributed by atoms with Gasteiger partial charge in [0.2, 0.25) is 0 Å². The van der Waals surface area contributed by atoms with Crippen molar-refractivity contribution < 1.29 is 9.47 Å². The smallest absolute Gasteiger partial charge is 0.0808 e. The maximum Gasteiger partial charge on any atom is 0.0808 e. The largest absolute Gasteiger partial charge is 0.377 e. The summed E-state index contributed by atoms with van der Waals surface area (Å²) >= 11 is 0. The molecule has 0 aromatic rings. The number of rotatable bonds is 6. The summed E-state index contributed by atoms with van der Waals surface area (Å²) in [5, 5.41) is 3.64. The molecule has 0 aromatic heterocycles. The lowest BCUT2D eigenvalue weighted by molar-refractivity contribution is -0.0403. The van der Waals surface area contributed by atoms with Crippen LogP contribution < -0.4 is 5.32 Å². The molecule has 2 rings (SSSR count). The van der Waals surface area contributed by atoms with E-state index in [2.05, 4.69) is 12.2 Å². The summed E-state index contributed by atoms with van der Waals surface area (Å²) in [4.78, 5) is 0. The molecule has 18 heavy (non-hydrogen) atoms. The topological polar surface area (TPSA) is 30.5 Å². The fourth-order valence-corrected chi connectivity index (χ4v) is 3.09. The predicted molar refractivity (Wildman–Crippen MR) is 73.8 cm³/mol. The van der Waals surface area contributed by atoms with Crippen molar-refractivity contribution >= 4 is 0 Å². The van der Waals surface area contributed by atoms with Gasteiger partial charge in [-0.1, -0.05) is 19.8 Å². The van der Waals surface area contributed by atoms with Crippen LogP contribution in [0.3, 0.4) is 0 Å². The van der Waals surface area contributed by atoms with E-state index in [1.165, 1.54) is 44.9 Å². The molecule has 0 bridgehead atoms. The van der Waals surface area contributed by atoms with Crippen LogP contribution in [-0.2, 0) is 9.47 Å². The molecule has 1 aliphatic carbocycles. The van der Waals surface area contributed by atoms with Crippen LogP contribution in [0.5, 0.6) is 0 Å². The van der Waals surface area contributed by atoms with Crippen LogP contribution in [0.1, 0.15) is 51.9 Å². The third kappa shape index (κ3) is 4.87. The summed E-state index contributed by atoms with van der Waals surface area (Å²) in [6.45, 7) is 5.88. The van der Waals surface area contributed by atoms with Crippen molar-refractivity contribution in [3.8, 4) is 0 Å². The van der Waals surface area contributed by atoms with E-state index in [-0.39, 0.29) is 0 Å². The molecule has 1 saturated carbocycles. The second-order valence-corrected chi connectivity index (χ2v) is 5.89. The number of hydrogen-bond acceptors (Lipinski definition) is 3. The van der Waals surface area contributed by atoms with Crippen molar-refractivity contribution in [3.63, 3.8) is 0 Å². The Kier molecular flexibility index (Phi) is 6.46. The zero-order chi connectivity index (χ0) is 12.6. The highest BCUT2D eigenvalue weighted by atomic mass is 16.5. The van der Waals surface area contributed by atoms with Gasteiger partial charge < -0.3 is 14.8 Å². The molecule has 2 aliphatic rings. The zero-order valence-corrected chi connectivity index (χ0v) is 11.8. The van der Waals surface area contributed by atoms with Gasteiger partial charge >= 0.3 is 0 Å². The molecule has 3 nitrogen and oxygen atoms in total. The van der Waals surface area contributed by atoms with Gasteiger partial charge in [0.1, 0.15) is 0 Å². The maximum absolute atomic E-state index is 5.71. The van der Waals surface area contributed by atoms with Gasteiger partial charge in [-0.05, 0) is 38.0 Å². The Hall–Kier alpha value is -0.120. The van der Waals surface area contributed by atoms with Crippen molar-refractivity contribution in [1.29, 1.82) is 0 Å². The van der Waals surface area contributed by atoms with Crippen molar-refractivity contribution in [2.75, 3.05) is 26.4 Å². The third-order valence-electron chi connectivity index (χ3n) is 4.34. The molecule has 3 heteroatoms. The summed E-state index contributed by atoms with van der Waals surface area (Å²) in [6.07, 6.45) is 9.57. The summed E-state index contributed by atoms with van der Waals surface area (Å²) in [5.74, 6) is 0.834. The molecular formula is C15H29NO2. The lowest BCUT2D eigenvalue weighted by Crippen LogP contribution is -2.39. The molecule has 1 heterocycles. The van der Waals surface area contributed by atoms with E-state index in [0.717, 1.165) is 32.3 Å². The second kappa shape index (κ2) is 8.13. The molecule has 1 aliphatic heterocycles. The Balaban J connectivity index is 1.47. The fourth-order valence-electron chi connectivity index (χ4n) is 3.09. The van der Waals surface area contributed by atoms with Crippen molar-refractivity contribution in [2.45, 2.75) is 64.0 Å². The van der Waals surface area contributed by atoms with Crippen LogP contribution in [0.25, 0.3) is 0 Å². The zero-order valence-electron chi connectivity index (χ0n) is 11.8. The first-order valence-corrected chi connectivity index (χ1v) is 7.79. The van der Waals surface area contributed by atoms with E-state index >= 15 is 0 Å². The summed E-state index contributed by atoms with van der Waals surface area (Å²) in [6, 6.07) is 0.716. The normalized spacial score (nSPS) is 33.5. The lowest BCUT2D eigenvalue weighted by Gasteiger charge is -2.29. The number of ether oxygens (including phenoxy) is 2. The van der Waals surface area contributed by atoms with Gasteiger partial charge in [-0.3, -0.25) is 0 Å². The average Bonchev–Trinajstić information content (AvgIpc) is 2.42. The van der Waals surface area contributed by atoms with Crippen LogP contribution in [0.4, 0.5) is 0 Å². The van der Waals surface area contributed by atoms with Crippen LogP contribution in [0, 0.1) is 5.92 Å². The van der Waals surface area contributed by atoms with E-state index in [4.69, 9.17) is 9.47 Å². The van der Waals surface area contributed by atoms with Gasteiger partial charge in [0.05, 0.1) is 19.3 Å². The van der Waals surface area contributed by atoms with Crippen molar-refractivity contribution in [2.24, 2.45) is 5.92 Å². The molecular weight excluding hydrogens is 226 g/mol. The minimum absolute atomic E-state index is 0.354. The molecule has 0 spiro atoms. The summed E-state index contributed by atoms with van der Waals surface area (Å²) in [5.41, 5.74) is 0. The van der Waals surface area contributed by atoms with E-state index in [1.807, 2.05) is 0 Å². The van der Waals surface area contributed by atoms with Gasteiger partial charge in [-0.25, -0.2) is 0 Å². The highest BCUT2D eigenvalue weighted by molar-refractivity contribution is 4.77. The third-order valence-corrected chi connectivity index (χ3v) is 4.34. The van der Waals surface area contributed by atoms with Crippen molar-refractivity contribution in [1.82, 2.24) is 5.32 Å². The molecule has 2 fully saturated rings. The second-order valence-electron chi connectivity index (χ2n) is 5.89. The number of hydrogen-bond donors (Lipinski definition) is 1. The Morgan fingerprint density at radius 3 is 2.72 bits per heavy atom. The lowest BCUT2D eigenvalue weighted by atomic mass is 9.86. The Morgan fingerprint density at radius 1 is 1.11 bits per heavy atom. The molecule has 0 amide bonds. The monoisotopic (exact) mass is 255 g/mol. The van der Waals surface area contributed by atoms with Crippen LogP contribution in [-0.4, -0.2) is 38.5 Å². The minimum Gasteiger partial charge on any atom is -0.377 e. The molecule has 1 N–H and O–H groups in total. The van der Waals surface area contributed by atoms with Crippen LogP contribution >= 0.6 is 0 Å². The van der Waals surface area contributed by atoms with Gasteiger partial charge in [-0.2, -0.15) is 0 Å². The van der Waals surface area contributed by atoms with Crippen LogP contribution in [0.2, 0.25) is 0 Å². The Bertz CT molecular complexity index is 217. The molecule has 3 unspecified atom stereocenters. The van der Waals surface area contributed by atoms with E-state index in [0.29, 0.717) is 12.1 Å². The van der Waals surface area contributed by atoms with Gasteiger partial charge in [0, 0.05) is 19.2 Å². The highest BCUT2D eigenvalue weighted by Crippen LogP contribution is 2.23. The van der Waals surface area contributed by atoms with Crippen LogP contribution in [0.15, 0.2) is 0 Å². The quantitative estimate of drug-likeness (QED) is 0.740. The molecule has 1 saturated heterocycles.